The normalized spacial score (nSPS) is 18.8. The van der Waals surface area contributed by atoms with Gasteiger partial charge in [-0.25, -0.2) is 8.42 Å². The smallest absolute Gasteiger partial charge is 0.262 e. The maximum Gasteiger partial charge on any atom is 0.262 e. The van der Waals surface area contributed by atoms with E-state index < -0.39 is 16.1 Å². The number of anilines is 2. The lowest BCUT2D eigenvalue weighted by Gasteiger charge is -2.26. The standard InChI is InChI=1S/C22H25N3O5S/c1-13-6-4-7-16(15(13)3)24-22(27)18-8-5-9-25(18)31(28,29)20-11-19-17(10-14(20)2)23-21(26)12-30-19/h4,6-7,10-11,18H,5,8-9,12H2,1-3H3,(H,23,26)(H,24,27)/t18-/m0/s1. The third kappa shape index (κ3) is 3.90. The number of amides is 2. The summed E-state index contributed by atoms with van der Waals surface area (Å²) in [7, 11) is -3.94. The number of sulfonamides is 1. The molecule has 0 aliphatic carbocycles. The van der Waals surface area contributed by atoms with Gasteiger partial charge in [0.25, 0.3) is 5.91 Å². The minimum Gasteiger partial charge on any atom is -0.482 e. The number of carbonyl (C=O) groups is 2. The molecular weight excluding hydrogens is 418 g/mol. The lowest BCUT2D eigenvalue weighted by molar-refractivity contribution is -0.119. The fourth-order valence-corrected chi connectivity index (χ4v) is 5.89. The molecule has 9 heteroatoms. The highest BCUT2D eigenvalue weighted by atomic mass is 32.2. The highest BCUT2D eigenvalue weighted by Crippen LogP contribution is 2.36. The molecule has 4 rings (SSSR count). The Morgan fingerprint density at radius 2 is 1.97 bits per heavy atom. The Hall–Kier alpha value is -2.91. The molecule has 1 saturated heterocycles. The molecule has 2 aromatic carbocycles. The second kappa shape index (κ2) is 7.97. The summed E-state index contributed by atoms with van der Waals surface area (Å²) < 4.78 is 33.7. The molecular formula is C22H25N3O5S. The summed E-state index contributed by atoms with van der Waals surface area (Å²) in [6.45, 7) is 5.64. The van der Waals surface area contributed by atoms with E-state index in [-0.39, 0.29) is 29.9 Å². The minimum absolute atomic E-state index is 0.0776. The van der Waals surface area contributed by atoms with Crippen LogP contribution in [0.5, 0.6) is 5.75 Å². The largest absolute Gasteiger partial charge is 0.482 e. The summed E-state index contributed by atoms with van der Waals surface area (Å²) in [5, 5.41) is 5.58. The van der Waals surface area contributed by atoms with Crippen molar-refractivity contribution in [1.29, 1.82) is 0 Å². The topological polar surface area (TPSA) is 105 Å². The predicted molar refractivity (Wildman–Crippen MR) is 117 cm³/mol. The molecule has 2 amide bonds. The van der Waals surface area contributed by atoms with Crippen LogP contribution < -0.4 is 15.4 Å². The zero-order valence-corrected chi connectivity index (χ0v) is 18.5. The average molecular weight is 444 g/mol. The molecule has 1 fully saturated rings. The van der Waals surface area contributed by atoms with Gasteiger partial charge in [0, 0.05) is 18.3 Å². The SMILES string of the molecule is Cc1cc2c(cc1S(=O)(=O)N1CCC[C@H]1C(=O)Nc1cccc(C)c1C)OCC(=O)N2. The maximum absolute atomic E-state index is 13.5. The molecule has 0 spiro atoms. The molecule has 31 heavy (non-hydrogen) atoms. The second-order valence-electron chi connectivity index (χ2n) is 7.96. The summed E-state index contributed by atoms with van der Waals surface area (Å²) in [5.74, 6) is -0.321. The zero-order chi connectivity index (χ0) is 22.3. The number of hydrogen-bond donors (Lipinski definition) is 2. The summed E-state index contributed by atoms with van der Waals surface area (Å²) in [6, 6.07) is 7.85. The van der Waals surface area contributed by atoms with Crippen LogP contribution in [0.25, 0.3) is 0 Å². The van der Waals surface area contributed by atoms with E-state index >= 15 is 0 Å². The molecule has 0 bridgehead atoms. The Kier molecular flexibility index (Phi) is 5.49. The first kappa shape index (κ1) is 21.3. The maximum atomic E-state index is 13.5. The van der Waals surface area contributed by atoms with Gasteiger partial charge in [0.05, 0.1) is 10.6 Å². The van der Waals surface area contributed by atoms with Crippen LogP contribution >= 0.6 is 0 Å². The fourth-order valence-electron chi connectivity index (χ4n) is 4.01. The lowest BCUT2D eigenvalue weighted by atomic mass is 10.1. The van der Waals surface area contributed by atoms with Crippen molar-refractivity contribution in [3.8, 4) is 5.75 Å². The van der Waals surface area contributed by atoms with Crippen LogP contribution in [0.3, 0.4) is 0 Å². The van der Waals surface area contributed by atoms with Crippen molar-refractivity contribution in [2.24, 2.45) is 0 Å². The van der Waals surface area contributed by atoms with Gasteiger partial charge in [-0.2, -0.15) is 4.31 Å². The van der Waals surface area contributed by atoms with Gasteiger partial charge in [-0.05, 0) is 62.4 Å². The molecule has 2 aromatic rings. The van der Waals surface area contributed by atoms with E-state index in [9.17, 15) is 18.0 Å². The second-order valence-corrected chi connectivity index (χ2v) is 9.82. The molecule has 8 nitrogen and oxygen atoms in total. The van der Waals surface area contributed by atoms with Gasteiger partial charge in [-0.1, -0.05) is 12.1 Å². The van der Waals surface area contributed by atoms with E-state index in [0.29, 0.717) is 35.5 Å². The van der Waals surface area contributed by atoms with Crippen molar-refractivity contribution in [2.45, 2.75) is 44.6 Å². The van der Waals surface area contributed by atoms with Gasteiger partial charge >= 0.3 is 0 Å². The van der Waals surface area contributed by atoms with E-state index in [1.165, 1.54) is 10.4 Å². The van der Waals surface area contributed by atoms with Gasteiger partial charge in [0.15, 0.2) is 6.61 Å². The van der Waals surface area contributed by atoms with Crippen LogP contribution in [0.1, 0.15) is 29.5 Å². The van der Waals surface area contributed by atoms with Crippen molar-refractivity contribution in [3.63, 3.8) is 0 Å². The van der Waals surface area contributed by atoms with Crippen LogP contribution in [0, 0.1) is 20.8 Å². The Bertz CT molecular complexity index is 1180. The molecule has 0 saturated carbocycles. The molecule has 2 N–H and O–H groups in total. The van der Waals surface area contributed by atoms with Crippen molar-refractivity contribution < 1.29 is 22.7 Å². The van der Waals surface area contributed by atoms with Gasteiger partial charge < -0.3 is 15.4 Å². The summed E-state index contributed by atoms with van der Waals surface area (Å²) in [5.41, 5.74) is 3.60. The Labute approximate surface area is 181 Å². The van der Waals surface area contributed by atoms with E-state index in [0.717, 1.165) is 11.1 Å². The molecule has 2 heterocycles. The third-order valence-electron chi connectivity index (χ3n) is 5.87. The average Bonchev–Trinajstić information content (AvgIpc) is 3.22. The van der Waals surface area contributed by atoms with Gasteiger partial charge in [-0.3, -0.25) is 9.59 Å². The first-order valence-electron chi connectivity index (χ1n) is 10.1. The first-order valence-corrected chi connectivity index (χ1v) is 11.6. The van der Waals surface area contributed by atoms with Gasteiger partial charge in [0.2, 0.25) is 15.9 Å². The van der Waals surface area contributed by atoms with Gasteiger partial charge in [0.1, 0.15) is 11.8 Å². The van der Waals surface area contributed by atoms with E-state index in [1.807, 2.05) is 32.0 Å². The molecule has 0 radical (unpaired) electrons. The summed E-state index contributed by atoms with van der Waals surface area (Å²) >= 11 is 0. The van der Waals surface area contributed by atoms with Crippen molar-refractivity contribution in [1.82, 2.24) is 4.31 Å². The van der Waals surface area contributed by atoms with Crippen LogP contribution in [-0.2, 0) is 19.6 Å². The fraction of sp³-hybridized carbons (Fsp3) is 0.364. The monoisotopic (exact) mass is 443 g/mol. The quantitative estimate of drug-likeness (QED) is 0.756. The van der Waals surface area contributed by atoms with Crippen LogP contribution in [0.15, 0.2) is 35.2 Å². The minimum atomic E-state index is -3.94. The number of aryl methyl sites for hydroxylation is 2. The van der Waals surface area contributed by atoms with E-state index in [1.54, 1.807) is 13.0 Å². The number of rotatable bonds is 4. The van der Waals surface area contributed by atoms with Crippen LogP contribution in [0.2, 0.25) is 0 Å². The van der Waals surface area contributed by atoms with E-state index in [4.69, 9.17) is 4.74 Å². The number of carbonyl (C=O) groups excluding carboxylic acids is 2. The highest BCUT2D eigenvalue weighted by molar-refractivity contribution is 7.89. The van der Waals surface area contributed by atoms with Crippen molar-refractivity contribution in [2.75, 3.05) is 23.8 Å². The summed E-state index contributed by atoms with van der Waals surface area (Å²) in [6.07, 6.45) is 1.05. The molecule has 0 unspecified atom stereocenters. The number of nitrogens with one attached hydrogen (secondary N) is 2. The first-order chi connectivity index (χ1) is 14.7. The molecule has 164 valence electrons. The highest BCUT2D eigenvalue weighted by Gasteiger charge is 2.40. The lowest BCUT2D eigenvalue weighted by Crippen LogP contribution is -2.43. The van der Waals surface area contributed by atoms with Crippen molar-refractivity contribution in [3.05, 3.63) is 47.0 Å². The number of benzene rings is 2. The summed E-state index contributed by atoms with van der Waals surface area (Å²) in [4.78, 5) is 24.6. The van der Waals surface area contributed by atoms with Gasteiger partial charge in [-0.15, -0.1) is 0 Å². The number of fused-ring (bicyclic) bond motifs is 1. The predicted octanol–water partition coefficient (Wildman–Crippen LogP) is 2.73. The van der Waals surface area contributed by atoms with Crippen LogP contribution in [-0.4, -0.2) is 43.7 Å². The van der Waals surface area contributed by atoms with E-state index in [2.05, 4.69) is 10.6 Å². The molecule has 0 aromatic heterocycles. The van der Waals surface area contributed by atoms with Crippen LogP contribution in [0.4, 0.5) is 11.4 Å². The molecule has 2 aliphatic heterocycles. The number of hydrogen-bond acceptors (Lipinski definition) is 5. The third-order valence-corrected chi connectivity index (χ3v) is 7.92. The Morgan fingerprint density at radius 1 is 1.19 bits per heavy atom. The number of ether oxygens (including phenoxy) is 1. The Balaban J connectivity index is 1.63. The van der Waals surface area contributed by atoms with Crippen molar-refractivity contribution >= 4 is 33.2 Å². The number of nitrogens with zero attached hydrogens (tertiary/aromatic N) is 1. The molecule has 2 aliphatic rings. The Morgan fingerprint density at radius 3 is 2.74 bits per heavy atom. The molecule has 1 atom stereocenters. The zero-order valence-electron chi connectivity index (χ0n) is 17.7.